The fourth-order valence-corrected chi connectivity index (χ4v) is 4.79. The van der Waals surface area contributed by atoms with E-state index in [4.69, 9.17) is 17.0 Å². The van der Waals surface area contributed by atoms with Crippen LogP contribution in [0.15, 0.2) is 64.4 Å². The summed E-state index contributed by atoms with van der Waals surface area (Å²) in [4.78, 5) is -1.31. The van der Waals surface area contributed by atoms with Crippen LogP contribution in [0.4, 0.5) is 11.4 Å². The summed E-state index contributed by atoms with van der Waals surface area (Å²) in [6.07, 6.45) is 3.23. The summed E-state index contributed by atoms with van der Waals surface area (Å²) in [5, 5.41) is 6.37. The van der Waals surface area contributed by atoms with Crippen molar-refractivity contribution in [3.63, 3.8) is 0 Å². The molecule has 34 heavy (non-hydrogen) atoms. The molecular weight excluding hydrogens is 500 g/mol. The number of ether oxygens (including phenoxy) is 1. The quantitative estimate of drug-likeness (QED) is 0.177. The maximum Gasteiger partial charge on any atom is 0.295 e. The molecule has 0 saturated heterocycles. The number of nitrogens with one attached hydrogen (secondary N) is 2. The van der Waals surface area contributed by atoms with Crippen molar-refractivity contribution in [3.05, 3.63) is 54.6 Å². The molecule has 0 unspecified atom stereocenters. The van der Waals surface area contributed by atoms with Crippen LogP contribution in [0.25, 0.3) is 10.8 Å². The van der Waals surface area contributed by atoms with Crippen molar-refractivity contribution < 1.29 is 30.7 Å². The molecule has 3 rings (SSSR count). The molecule has 0 saturated carbocycles. The number of anilines is 2. The molecule has 0 amide bonds. The van der Waals surface area contributed by atoms with Gasteiger partial charge in [0.1, 0.15) is 10.6 Å². The molecule has 0 radical (unpaired) electrons. The van der Waals surface area contributed by atoms with Gasteiger partial charge in [-0.15, -0.1) is 0 Å². The van der Waals surface area contributed by atoms with E-state index in [1.54, 1.807) is 18.2 Å². The third-order valence-electron chi connectivity index (χ3n) is 4.85. The van der Waals surface area contributed by atoms with Gasteiger partial charge in [-0.05, 0) is 72.6 Å². The van der Waals surface area contributed by atoms with Gasteiger partial charge in [-0.2, -0.15) is 16.8 Å². The summed E-state index contributed by atoms with van der Waals surface area (Å²) < 4.78 is 71.2. The van der Waals surface area contributed by atoms with Gasteiger partial charge in [0.15, 0.2) is 5.11 Å². The van der Waals surface area contributed by atoms with Gasteiger partial charge in [-0.1, -0.05) is 25.8 Å². The second-order valence-corrected chi connectivity index (χ2v) is 10.7. The Kier molecular flexibility index (Phi) is 8.10. The molecule has 3 aromatic carbocycles. The first-order chi connectivity index (χ1) is 16.0. The minimum atomic E-state index is -4.78. The lowest BCUT2D eigenvalue weighted by Crippen LogP contribution is -2.19. The lowest BCUT2D eigenvalue weighted by atomic mass is 10.1. The summed E-state index contributed by atoms with van der Waals surface area (Å²) in [6.45, 7) is 2.78. The maximum absolute atomic E-state index is 11.8. The molecule has 182 valence electrons. The van der Waals surface area contributed by atoms with Crippen molar-refractivity contribution in [2.75, 3.05) is 17.2 Å². The molecule has 0 fully saturated rings. The Bertz CT molecular complexity index is 1400. The zero-order chi connectivity index (χ0) is 24.9. The molecule has 0 aliphatic carbocycles. The maximum atomic E-state index is 11.8. The lowest BCUT2D eigenvalue weighted by molar-refractivity contribution is 0.306. The van der Waals surface area contributed by atoms with Gasteiger partial charge < -0.3 is 15.4 Å². The third-order valence-corrected chi connectivity index (χ3v) is 6.78. The van der Waals surface area contributed by atoms with E-state index in [2.05, 4.69) is 17.6 Å². The average Bonchev–Trinajstić information content (AvgIpc) is 2.75. The van der Waals surface area contributed by atoms with E-state index < -0.39 is 30.0 Å². The van der Waals surface area contributed by atoms with Crippen molar-refractivity contribution in [2.45, 2.75) is 36.0 Å². The van der Waals surface area contributed by atoms with E-state index in [9.17, 15) is 25.9 Å². The van der Waals surface area contributed by atoms with Crippen LogP contribution in [0.1, 0.15) is 26.2 Å². The van der Waals surface area contributed by atoms with Crippen LogP contribution in [0.5, 0.6) is 5.75 Å². The van der Waals surface area contributed by atoms with E-state index >= 15 is 0 Å². The standard InChI is InChI=1S/C22H24N2O7S3/c1-2-3-4-11-31-18-9-7-16(8-10-18)23-22(32)24-17-6-5-15-12-19(33(25,26)27)14-21(20(15)13-17)34(28,29)30/h5-10,12-14H,2-4,11H2,1H3,(H2,23,24,32)(H,25,26,27)(H,28,29,30). The van der Waals surface area contributed by atoms with Crippen LogP contribution in [0.3, 0.4) is 0 Å². The van der Waals surface area contributed by atoms with Crippen molar-refractivity contribution in [1.29, 1.82) is 0 Å². The summed E-state index contributed by atoms with van der Waals surface area (Å²) in [5.41, 5.74) is 1.10. The van der Waals surface area contributed by atoms with Gasteiger partial charge in [0.2, 0.25) is 0 Å². The second-order valence-electron chi connectivity index (χ2n) is 7.47. The monoisotopic (exact) mass is 524 g/mol. The Morgan fingerprint density at radius 3 is 2.15 bits per heavy atom. The van der Waals surface area contributed by atoms with Gasteiger partial charge in [0, 0.05) is 16.8 Å². The van der Waals surface area contributed by atoms with Gasteiger partial charge in [-0.3, -0.25) is 9.11 Å². The van der Waals surface area contributed by atoms with E-state index in [1.807, 2.05) is 12.1 Å². The van der Waals surface area contributed by atoms with Gasteiger partial charge in [0.05, 0.1) is 11.5 Å². The van der Waals surface area contributed by atoms with E-state index in [-0.39, 0.29) is 15.9 Å². The SMILES string of the molecule is CCCCCOc1ccc(NC(=S)Nc2ccc3cc(S(=O)(=O)O)cc(S(=O)(=O)O)c3c2)cc1. The fourth-order valence-electron chi connectivity index (χ4n) is 3.21. The van der Waals surface area contributed by atoms with Crippen molar-refractivity contribution in [3.8, 4) is 5.75 Å². The van der Waals surface area contributed by atoms with Crippen molar-refractivity contribution in [2.24, 2.45) is 0 Å². The number of unbranched alkanes of at least 4 members (excludes halogenated alkanes) is 2. The molecule has 3 aromatic rings. The normalized spacial score (nSPS) is 11.9. The zero-order valence-corrected chi connectivity index (χ0v) is 20.6. The molecular formula is C22H24N2O7S3. The van der Waals surface area contributed by atoms with Crippen LogP contribution in [-0.2, 0) is 20.2 Å². The molecule has 0 spiro atoms. The van der Waals surface area contributed by atoms with E-state index in [0.717, 1.165) is 31.1 Å². The Balaban J connectivity index is 1.76. The minimum Gasteiger partial charge on any atom is -0.494 e. The summed E-state index contributed by atoms with van der Waals surface area (Å²) in [5.74, 6) is 0.747. The molecule has 4 N–H and O–H groups in total. The number of benzene rings is 3. The smallest absolute Gasteiger partial charge is 0.295 e. The highest BCUT2D eigenvalue weighted by atomic mass is 32.2. The Labute approximate surface area is 203 Å². The molecule has 0 heterocycles. The van der Waals surface area contributed by atoms with Crippen molar-refractivity contribution in [1.82, 2.24) is 0 Å². The summed E-state index contributed by atoms with van der Waals surface area (Å²) in [6, 6.07) is 13.4. The number of fused-ring (bicyclic) bond motifs is 1. The van der Waals surface area contributed by atoms with Gasteiger partial charge >= 0.3 is 0 Å². The predicted molar refractivity (Wildman–Crippen MR) is 135 cm³/mol. The van der Waals surface area contributed by atoms with E-state index in [1.165, 1.54) is 12.1 Å². The second kappa shape index (κ2) is 10.7. The van der Waals surface area contributed by atoms with Crippen LogP contribution in [0, 0.1) is 0 Å². The highest BCUT2D eigenvalue weighted by molar-refractivity contribution is 7.86. The van der Waals surface area contributed by atoms with Crippen LogP contribution in [-0.4, -0.2) is 37.7 Å². The third kappa shape index (κ3) is 6.87. The van der Waals surface area contributed by atoms with Crippen molar-refractivity contribution >= 4 is 59.7 Å². The summed E-state index contributed by atoms with van der Waals surface area (Å²) in [7, 11) is -9.47. The number of rotatable bonds is 9. The number of hydrogen-bond donors (Lipinski definition) is 4. The first-order valence-electron chi connectivity index (χ1n) is 10.3. The van der Waals surface area contributed by atoms with Gasteiger partial charge in [0.25, 0.3) is 20.2 Å². The Morgan fingerprint density at radius 1 is 0.882 bits per heavy atom. The minimum absolute atomic E-state index is 0.0484. The fraction of sp³-hybridized carbons (Fsp3) is 0.227. The first kappa shape index (κ1) is 25.8. The molecule has 12 heteroatoms. The number of thiocarbonyl (C=S) groups is 1. The average molecular weight is 525 g/mol. The largest absolute Gasteiger partial charge is 0.494 e. The molecule has 0 aliphatic heterocycles. The highest BCUT2D eigenvalue weighted by Crippen LogP contribution is 2.29. The number of hydrogen-bond acceptors (Lipinski definition) is 6. The zero-order valence-electron chi connectivity index (χ0n) is 18.2. The summed E-state index contributed by atoms with van der Waals surface area (Å²) >= 11 is 5.32. The molecule has 9 nitrogen and oxygen atoms in total. The molecule has 0 aromatic heterocycles. The molecule has 0 bridgehead atoms. The topological polar surface area (TPSA) is 142 Å². The van der Waals surface area contributed by atoms with Crippen LogP contribution in [0.2, 0.25) is 0 Å². The van der Waals surface area contributed by atoms with E-state index in [0.29, 0.717) is 24.0 Å². The van der Waals surface area contributed by atoms with Crippen LogP contribution >= 0.6 is 12.2 Å². The molecule has 0 aliphatic rings. The highest BCUT2D eigenvalue weighted by Gasteiger charge is 2.20. The predicted octanol–water partition coefficient (Wildman–Crippen LogP) is 4.71. The van der Waals surface area contributed by atoms with Gasteiger partial charge in [-0.25, -0.2) is 0 Å². The lowest BCUT2D eigenvalue weighted by Gasteiger charge is -2.13. The first-order valence-corrected chi connectivity index (χ1v) is 13.6. The molecule has 0 atom stereocenters. The van der Waals surface area contributed by atoms with Crippen LogP contribution < -0.4 is 15.4 Å². The Hall–Kier alpha value is -2.77. The Morgan fingerprint density at radius 2 is 1.53 bits per heavy atom.